The SMILES string of the molecule is CCCc1nc(C(=O)NC(CC(=O)O)Cc2ccccc2)sc1Cc1cnc(-c2ccccc2-c2nn[nH]n2)cn1. The van der Waals surface area contributed by atoms with E-state index in [0.29, 0.717) is 35.8 Å². The van der Waals surface area contributed by atoms with Gasteiger partial charge in [0.1, 0.15) is 0 Å². The van der Waals surface area contributed by atoms with E-state index in [-0.39, 0.29) is 12.3 Å². The van der Waals surface area contributed by atoms with E-state index in [4.69, 9.17) is 0 Å². The number of aliphatic carboxylic acids is 1. The average molecular weight is 569 g/mol. The lowest BCUT2D eigenvalue weighted by atomic mass is 10.0. The Labute approximate surface area is 240 Å². The first-order chi connectivity index (χ1) is 20.0. The van der Waals surface area contributed by atoms with Gasteiger partial charge in [0, 0.05) is 34.7 Å². The number of hydrogen-bond donors (Lipinski definition) is 3. The van der Waals surface area contributed by atoms with Crippen LogP contribution in [0.3, 0.4) is 0 Å². The molecule has 208 valence electrons. The number of amides is 1. The van der Waals surface area contributed by atoms with Crippen molar-refractivity contribution < 1.29 is 14.7 Å². The molecule has 3 heterocycles. The van der Waals surface area contributed by atoms with Gasteiger partial charge < -0.3 is 10.4 Å². The van der Waals surface area contributed by atoms with Crippen LogP contribution in [0.5, 0.6) is 0 Å². The monoisotopic (exact) mass is 568 g/mol. The van der Waals surface area contributed by atoms with Gasteiger partial charge in [-0.05, 0) is 23.6 Å². The lowest BCUT2D eigenvalue weighted by Gasteiger charge is -2.16. The molecule has 0 spiro atoms. The van der Waals surface area contributed by atoms with Crippen molar-refractivity contribution in [2.24, 2.45) is 0 Å². The molecule has 0 aliphatic heterocycles. The Hall–Kier alpha value is -4.84. The van der Waals surface area contributed by atoms with Gasteiger partial charge in [-0.1, -0.05) is 67.9 Å². The number of nitrogens with one attached hydrogen (secondary N) is 2. The molecule has 0 saturated heterocycles. The molecule has 1 unspecified atom stereocenters. The molecular weight excluding hydrogens is 540 g/mol. The summed E-state index contributed by atoms with van der Waals surface area (Å²) in [7, 11) is 0. The quantitative estimate of drug-likeness (QED) is 0.201. The number of carboxylic acids is 1. The zero-order chi connectivity index (χ0) is 28.6. The summed E-state index contributed by atoms with van der Waals surface area (Å²) in [6.07, 6.45) is 5.72. The minimum atomic E-state index is -0.973. The third-order valence-electron chi connectivity index (χ3n) is 6.38. The number of nitrogens with zero attached hydrogens (tertiary/aromatic N) is 6. The van der Waals surface area contributed by atoms with Crippen LogP contribution < -0.4 is 5.32 Å². The fourth-order valence-corrected chi connectivity index (χ4v) is 5.53. The second-order valence-corrected chi connectivity index (χ2v) is 10.5. The molecule has 5 rings (SSSR count). The predicted molar refractivity (Wildman–Crippen MR) is 153 cm³/mol. The lowest BCUT2D eigenvalue weighted by molar-refractivity contribution is -0.137. The summed E-state index contributed by atoms with van der Waals surface area (Å²) in [4.78, 5) is 39.5. The molecule has 3 N–H and O–H groups in total. The van der Waals surface area contributed by atoms with Crippen LogP contribution >= 0.6 is 11.3 Å². The highest BCUT2D eigenvalue weighted by molar-refractivity contribution is 7.13. The van der Waals surface area contributed by atoms with Gasteiger partial charge in [-0.3, -0.25) is 19.6 Å². The molecule has 1 amide bonds. The molecule has 12 heteroatoms. The maximum atomic E-state index is 13.2. The molecule has 5 aromatic rings. The number of aromatic amines is 1. The van der Waals surface area contributed by atoms with Crippen LogP contribution in [0.1, 0.15) is 51.4 Å². The van der Waals surface area contributed by atoms with Gasteiger partial charge in [-0.25, -0.2) is 4.98 Å². The minimum absolute atomic E-state index is 0.182. The van der Waals surface area contributed by atoms with E-state index in [1.54, 1.807) is 12.4 Å². The standard InChI is InChI=1S/C29H28N8O3S/c1-2-8-23-25(41-29(33-23)28(40)32-19(15-26(38)39)13-18-9-4-3-5-10-18)14-20-16-31-24(17-30-20)21-11-6-7-12-22(21)27-34-36-37-35-27/h3-7,9-12,16-17,19H,2,8,13-15H2,1H3,(H,32,40)(H,38,39)(H,34,35,36,37). The summed E-state index contributed by atoms with van der Waals surface area (Å²) < 4.78 is 0. The summed E-state index contributed by atoms with van der Waals surface area (Å²) in [6.45, 7) is 2.06. The molecule has 2 aromatic carbocycles. The third kappa shape index (κ3) is 7.03. The van der Waals surface area contributed by atoms with E-state index in [1.807, 2.05) is 54.6 Å². The second kappa shape index (κ2) is 13.0. The fraction of sp³-hybridized carbons (Fsp3) is 0.241. The van der Waals surface area contributed by atoms with Gasteiger partial charge in [-0.15, -0.1) is 21.5 Å². The van der Waals surface area contributed by atoms with Crippen molar-refractivity contribution >= 4 is 23.2 Å². The number of thiazole rings is 1. The predicted octanol–water partition coefficient (Wildman–Crippen LogP) is 4.14. The number of aromatic nitrogens is 7. The van der Waals surface area contributed by atoms with Gasteiger partial charge in [0.15, 0.2) is 5.01 Å². The molecule has 0 aliphatic rings. The van der Waals surface area contributed by atoms with Crippen LogP contribution in [0.25, 0.3) is 22.6 Å². The molecular formula is C29H28N8O3S. The third-order valence-corrected chi connectivity index (χ3v) is 7.47. The normalized spacial score (nSPS) is 11.7. The highest BCUT2D eigenvalue weighted by Crippen LogP contribution is 2.28. The topological polar surface area (TPSA) is 160 Å². The Kier molecular flexibility index (Phi) is 8.79. The first-order valence-corrected chi connectivity index (χ1v) is 14.0. The van der Waals surface area contributed by atoms with E-state index in [9.17, 15) is 14.7 Å². The minimum Gasteiger partial charge on any atom is -0.481 e. The number of benzene rings is 2. The smallest absolute Gasteiger partial charge is 0.305 e. The van der Waals surface area contributed by atoms with E-state index >= 15 is 0 Å². The zero-order valence-electron chi connectivity index (χ0n) is 22.3. The summed E-state index contributed by atoms with van der Waals surface area (Å²) in [5.41, 5.74) is 4.84. The number of carbonyl (C=O) groups excluding carboxylic acids is 1. The van der Waals surface area contributed by atoms with E-state index < -0.39 is 12.0 Å². The summed E-state index contributed by atoms with van der Waals surface area (Å²) in [5, 5.41) is 26.9. The van der Waals surface area contributed by atoms with Crippen molar-refractivity contribution in [3.05, 3.63) is 93.8 Å². The molecule has 3 aromatic heterocycles. The molecule has 0 aliphatic carbocycles. The summed E-state index contributed by atoms with van der Waals surface area (Å²) in [6, 6.07) is 16.6. The van der Waals surface area contributed by atoms with Crippen molar-refractivity contribution in [3.8, 4) is 22.6 Å². The van der Waals surface area contributed by atoms with Gasteiger partial charge in [-0.2, -0.15) is 5.21 Å². The molecule has 0 saturated carbocycles. The second-order valence-electron chi connectivity index (χ2n) is 9.45. The zero-order valence-corrected chi connectivity index (χ0v) is 23.1. The number of H-pyrrole nitrogens is 1. The number of rotatable bonds is 12. The highest BCUT2D eigenvalue weighted by Gasteiger charge is 2.22. The van der Waals surface area contributed by atoms with Gasteiger partial charge in [0.05, 0.1) is 29.7 Å². The van der Waals surface area contributed by atoms with Crippen LogP contribution in [-0.4, -0.2) is 58.6 Å². The number of hydrogen-bond acceptors (Lipinski definition) is 9. The summed E-state index contributed by atoms with van der Waals surface area (Å²) >= 11 is 1.31. The lowest BCUT2D eigenvalue weighted by Crippen LogP contribution is -2.38. The number of carboxylic acid groups (broad SMARTS) is 1. The molecule has 0 radical (unpaired) electrons. The Morgan fingerprint density at radius 1 is 1.02 bits per heavy atom. The summed E-state index contributed by atoms with van der Waals surface area (Å²) in [5.74, 6) is -0.875. The maximum Gasteiger partial charge on any atom is 0.305 e. The fourth-order valence-electron chi connectivity index (χ4n) is 4.51. The van der Waals surface area contributed by atoms with Gasteiger partial charge in [0.25, 0.3) is 5.91 Å². The van der Waals surface area contributed by atoms with Crippen molar-refractivity contribution in [1.29, 1.82) is 0 Å². The molecule has 1 atom stereocenters. The first kappa shape index (κ1) is 27.7. The molecule has 0 fully saturated rings. The van der Waals surface area contributed by atoms with Crippen molar-refractivity contribution in [2.75, 3.05) is 0 Å². The maximum absolute atomic E-state index is 13.2. The van der Waals surface area contributed by atoms with Gasteiger partial charge in [0.2, 0.25) is 5.82 Å². The van der Waals surface area contributed by atoms with E-state index in [1.165, 1.54) is 11.3 Å². The van der Waals surface area contributed by atoms with Crippen molar-refractivity contribution in [2.45, 2.75) is 45.1 Å². The van der Waals surface area contributed by atoms with Crippen LogP contribution in [0, 0.1) is 0 Å². The van der Waals surface area contributed by atoms with Crippen LogP contribution in [0.15, 0.2) is 67.0 Å². The molecule has 41 heavy (non-hydrogen) atoms. The van der Waals surface area contributed by atoms with Gasteiger partial charge >= 0.3 is 5.97 Å². The van der Waals surface area contributed by atoms with Crippen LogP contribution in [0.4, 0.5) is 0 Å². The Bertz CT molecular complexity index is 1610. The number of tetrazole rings is 1. The molecule has 0 bridgehead atoms. The van der Waals surface area contributed by atoms with Crippen LogP contribution in [-0.2, 0) is 24.1 Å². The van der Waals surface area contributed by atoms with Crippen molar-refractivity contribution in [1.82, 2.24) is 40.9 Å². The first-order valence-electron chi connectivity index (χ1n) is 13.2. The largest absolute Gasteiger partial charge is 0.481 e. The number of carbonyl (C=O) groups is 2. The van der Waals surface area contributed by atoms with E-state index in [0.717, 1.165) is 39.4 Å². The Morgan fingerprint density at radius 2 is 1.80 bits per heavy atom. The Morgan fingerprint density at radius 3 is 2.49 bits per heavy atom. The highest BCUT2D eigenvalue weighted by atomic mass is 32.1. The van der Waals surface area contributed by atoms with E-state index in [2.05, 4.69) is 47.8 Å². The average Bonchev–Trinajstić information content (AvgIpc) is 3.65. The van der Waals surface area contributed by atoms with Crippen molar-refractivity contribution in [3.63, 3.8) is 0 Å². The Balaban J connectivity index is 1.33. The number of aryl methyl sites for hydroxylation is 1. The van der Waals surface area contributed by atoms with Crippen LogP contribution in [0.2, 0.25) is 0 Å². The molecule has 11 nitrogen and oxygen atoms in total.